The van der Waals surface area contributed by atoms with E-state index in [0.29, 0.717) is 24.1 Å². The molecule has 2 aliphatic rings. The van der Waals surface area contributed by atoms with Crippen LogP contribution in [0.5, 0.6) is 0 Å². The number of nitrogens with zero attached hydrogens (tertiary/aromatic N) is 2. The van der Waals surface area contributed by atoms with E-state index in [-0.39, 0.29) is 5.97 Å². The summed E-state index contributed by atoms with van der Waals surface area (Å²) in [6.07, 6.45) is 5.42. The fraction of sp³-hybridized carbons (Fsp3) is 0.579. The molecule has 1 aromatic carbocycles. The Bertz CT molecular complexity index is 606. The van der Waals surface area contributed by atoms with Crippen LogP contribution in [0.2, 0.25) is 0 Å². The summed E-state index contributed by atoms with van der Waals surface area (Å²) in [5.41, 5.74) is 2.29. The van der Waals surface area contributed by atoms with Crippen molar-refractivity contribution in [2.45, 2.75) is 39.2 Å². The normalized spacial score (nSPS) is 19.2. The van der Waals surface area contributed by atoms with E-state index in [1.54, 1.807) is 0 Å². The van der Waals surface area contributed by atoms with Gasteiger partial charge in [-0.1, -0.05) is 18.6 Å². The monoisotopic (exact) mass is 329 g/mol. The molecule has 24 heavy (non-hydrogen) atoms. The number of esters is 1. The van der Waals surface area contributed by atoms with Crippen molar-refractivity contribution in [2.24, 2.45) is 10.4 Å². The number of guanidine groups is 1. The Morgan fingerprint density at radius 1 is 1.29 bits per heavy atom. The smallest absolute Gasteiger partial charge is 0.338 e. The largest absolute Gasteiger partial charge is 0.462 e. The lowest BCUT2D eigenvalue weighted by Crippen LogP contribution is -2.42. The SMILES string of the molecule is CCOC(=O)c1ccc(CNC(=NC)N2CCC3(CCC3)C2)cc1. The fourth-order valence-electron chi connectivity index (χ4n) is 3.69. The van der Waals surface area contributed by atoms with Crippen molar-refractivity contribution < 1.29 is 9.53 Å². The van der Waals surface area contributed by atoms with Crippen LogP contribution in [0.15, 0.2) is 29.3 Å². The average Bonchev–Trinajstić information content (AvgIpc) is 3.02. The lowest BCUT2D eigenvalue weighted by Gasteiger charge is -2.38. The zero-order valence-electron chi connectivity index (χ0n) is 14.7. The van der Waals surface area contributed by atoms with Crippen molar-refractivity contribution in [3.63, 3.8) is 0 Å². The van der Waals surface area contributed by atoms with Gasteiger partial charge >= 0.3 is 5.97 Å². The van der Waals surface area contributed by atoms with Crippen LogP contribution in [0.3, 0.4) is 0 Å². The van der Waals surface area contributed by atoms with Crippen molar-refractivity contribution in [3.8, 4) is 0 Å². The Hall–Kier alpha value is -2.04. The highest BCUT2D eigenvalue weighted by molar-refractivity contribution is 5.89. The third kappa shape index (κ3) is 3.55. The Morgan fingerprint density at radius 2 is 2.04 bits per heavy atom. The zero-order chi connectivity index (χ0) is 17.0. The third-order valence-electron chi connectivity index (χ3n) is 5.28. The van der Waals surface area contributed by atoms with Crippen LogP contribution in [-0.4, -0.2) is 43.6 Å². The number of ether oxygens (including phenoxy) is 1. The molecule has 1 saturated heterocycles. The van der Waals surface area contributed by atoms with Gasteiger partial charge in [-0.3, -0.25) is 4.99 Å². The van der Waals surface area contributed by atoms with Gasteiger partial charge in [-0.15, -0.1) is 0 Å². The quantitative estimate of drug-likeness (QED) is 0.524. The van der Waals surface area contributed by atoms with Crippen LogP contribution >= 0.6 is 0 Å². The summed E-state index contributed by atoms with van der Waals surface area (Å²) in [4.78, 5) is 18.5. The van der Waals surface area contributed by atoms with E-state index in [9.17, 15) is 4.79 Å². The van der Waals surface area contributed by atoms with Gasteiger partial charge in [0, 0.05) is 26.7 Å². The maximum absolute atomic E-state index is 11.7. The maximum Gasteiger partial charge on any atom is 0.338 e. The summed E-state index contributed by atoms with van der Waals surface area (Å²) in [5, 5.41) is 3.45. The van der Waals surface area contributed by atoms with E-state index in [1.165, 1.54) is 25.7 Å². The van der Waals surface area contributed by atoms with Gasteiger partial charge in [0.25, 0.3) is 0 Å². The standard InChI is InChI=1S/C19H27N3O2/c1-3-24-17(23)16-7-5-15(6-8-16)13-21-18(20-2)22-12-11-19(14-22)9-4-10-19/h5-8H,3-4,9-14H2,1-2H3,(H,20,21). The second-order valence-electron chi connectivity index (χ2n) is 6.84. The van der Waals surface area contributed by atoms with E-state index in [0.717, 1.165) is 24.6 Å². The minimum Gasteiger partial charge on any atom is -0.462 e. The molecule has 0 aromatic heterocycles. The third-order valence-corrected chi connectivity index (χ3v) is 5.28. The van der Waals surface area contributed by atoms with Crippen molar-refractivity contribution in [1.29, 1.82) is 0 Å². The van der Waals surface area contributed by atoms with Gasteiger partial charge in [-0.2, -0.15) is 0 Å². The van der Waals surface area contributed by atoms with Gasteiger partial charge in [-0.05, 0) is 49.3 Å². The van der Waals surface area contributed by atoms with Crippen molar-refractivity contribution in [2.75, 3.05) is 26.7 Å². The number of likely N-dealkylation sites (tertiary alicyclic amines) is 1. The molecule has 0 unspecified atom stereocenters. The number of hydrogen-bond donors (Lipinski definition) is 1. The van der Waals surface area contributed by atoms with Gasteiger partial charge in [0.1, 0.15) is 0 Å². The zero-order valence-corrected chi connectivity index (χ0v) is 14.7. The van der Waals surface area contributed by atoms with Crippen LogP contribution < -0.4 is 5.32 Å². The maximum atomic E-state index is 11.7. The molecule has 0 amide bonds. The molecule has 1 aliphatic heterocycles. The molecule has 0 atom stereocenters. The number of rotatable bonds is 4. The van der Waals surface area contributed by atoms with E-state index in [4.69, 9.17) is 4.74 Å². The minimum absolute atomic E-state index is 0.268. The first-order valence-corrected chi connectivity index (χ1v) is 8.87. The molecule has 3 rings (SSSR count). The molecule has 0 radical (unpaired) electrons. The lowest BCUT2D eigenvalue weighted by atomic mass is 9.68. The number of carbonyl (C=O) groups is 1. The van der Waals surface area contributed by atoms with E-state index >= 15 is 0 Å². The molecule has 5 nitrogen and oxygen atoms in total. The molecule has 1 spiro atoms. The predicted octanol–water partition coefficient (Wildman–Crippen LogP) is 2.81. The number of aliphatic imine (C=N–C) groups is 1. The summed E-state index contributed by atoms with van der Waals surface area (Å²) in [6, 6.07) is 7.56. The molecule has 1 aliphatic carbocycles. The first-order valence-electron chi connectivity index (χ1n) is 8.87. The summed E-state index contributed by atoms with van der Waals surface area (Å²) < 4.78 is 5.01. The van der Waals surface area contributed by atoms with Crippen LogP contribution in [0.1, 0.15) is 48.5 Å². The number of nitrogens with one attached hydrogen (secondary N) is 1. The Labute approximate surface area is 144 Å². The highest BCUT2D eigenvalue weighted by atomic mass is 16.5. The summed E-state index contributed by atoms with van der Waals surface area (Å²) in [7, 11) is 1.85. The first-order chi connectivity index (χ1) is 11.7. The van der Waals surface area contributed by atoms with Gasteiger partial charge in [-0.25, -0.2) is 4.79 Å². The molecule has 1 saturated carbocycles. The highest BCUT2D eigenvalue weighted by Crippen LogP contribution is 2.47. The van der Waals surface area contributed by atoms with E-state index in [1.807, 2.05) is 38.2 Å². The molecular weight excluding hydrogens is 302 g/mol. The van der Waals surface area contributed by atoms with Crippen LogP contribution in [0.4, 0.5) is 0 Å². The fourth-order valence-corrected chi connectivity index (χ4v) is 3.69. The molecule has 2 fully saturated rings. The second-order valence-corrected chi connectivity index (χ2v) is 6.84. The molecule has 1 heterocycles. The summed E-state index contributed by atoms with van der Waals surface area (Å²) in [5.74, 6) is 0.712. The van der Waals surface area contributed by atoms with Crippen molar-refractivity contribution >= 4 is 11.9 Å². The van der Waals surface area contributed by atoms with Crippen molar-refractivity contribution in [3.05, 3.63) is 35.4 Å². The molecule has 130 valence electrons. The van der Waals surface area contributed by atoms with Crippen LogP contribution in [-0.2, 0) is 11.3 Å². The van der Waals surface area contributed by atoms with Crippen LogP contribution in [0, 0.1) is 5.41 Å². The van der Waals surface area contributed by atoms with Gasteiger partial charge in [0.05, 0.1) is 12.2 Å². The van der Waals surface area contributed by atoms with E-state index in [2.05, 4.69) is 15.2 Å². The number of hydrogen-bond acceptors (Lipinski definition) is 3. The Balaban J connectivity index is 1.53. The molecular formula is C19H27N3O2. The second kappa shape index (κ2) is 7.24. The first kappa shape index (κ1) is 16.8. The minimum atomic E-state index is -0.268. The van der Waals surface area contributed by atoms with Gasteiger partial charge in [0.15, 0.2) is 5.96 Å². The molecule has 0 bridgehead atoms. The molecule has 1 N–H and O–H groups in total. The molecule has 5 heteroatoms. The van der Waals surface area contributed by atoms with Crippen molar-refractivity contribution in [1.82, 2.24) is 10.2 Å². The lowest BCUT2D eigenvalue weighted by molar-refractivity contribution is 0.0526. The number of benzene rings is 1. The highest BCUT2D eigenvalue weighted by Gasteiger charge is 2.43. The summed E-state index contributed by atoms with van der Waals surface area (Å²) >= 11 is 0. The number of carbonyl (C=O) groups excluding carboxylic acids is 1. The Kier molecular flexibility index (Phi) is 5.07. The Morgan fingerprint density at radius 3 is 2.58 bits per heavy atom. The predicted molar refractivity (Wildman–Crippen MR) is 95.1 cm³/mol. The summed E-state index contributed by atoms with van der Waals surface area (Å²) in [6.45, 7) is 5.15. The van der Waals surface area contributed by atoms with Gasteiger partial charge < -0.3 is 15.0 Å². The van der Waals surface area contributed by atoms with E-state index < -0.39 is 0 Å². The average molecular weight is 329 g/mol. The van der Waals surface area contributed by atoms with Gasteiger partial charge in [0.2, 0.25) is 0 Å². The topological polar surface area (TPSA) is 53.9 Å². The van der Waals surface area contributed by atoms with Crippen LogP contribution in [0.25, 0.3) is 0 Å². The molecule has 1 aromatic rings.